The van der Waals surface area contributed by atoms with Crippen molar-refractivity contribution in [1.29, 1.82) is 0 Å². The van der Waals surface area contributed by atoms with E-state index in [4.69, 9.17) is 5.73 Å². The molecule has 2 aliphatic rings. The van der Waals surface area contributed by atoms with Gasteiger partial charge in [-0.2, -0.15) is 4.98 Å². The molecule has 4 rings (SSSR count). The van der Waals surface area contributed by atoms with Gasteiger partial charge in [0, 0.05) is 30.4 Å². The first-order chi connectivity index (χ1) is 12.7. The molecule has 0 saturated heterocycles. The molecule has 1 aromatic heterocycles. The quantitative estimate of drug-likeness (QED) is 0.638. The van der Waals surface area contributed by atoms with Gasteiger partial charge >= 0.3 is 0 Å². The molecule has 7 nitrogen and oxygen atoms in total. The number of amides is 1. The lowest BCUT2D eigenvalue weighted by atomic mass is 9.94. The number of nitrogens with zero attached hydrogens (tertiary/aromatic N) is 2. The van der Waals surface area contributed by atoms with Crippen LogP contribution in [0, 0.1) is 0 Å². The first-order valence-electron chi connectivity index (χ1n) is 8.89. The summed E-state index contributed by atoms with van der Waals surface area (Å²) in [6.07, 6.45) is 8.93. The van der Waals surface area contributed by atoms with Gasteiger partial charge in [0.15, 0.2) is 0 Å². The molecule has 1 unspecified atom stereocenters. The standard InChI is InChI=1S/C19H22N6O/c20-17(26)16-11-22-19(25-18(16)23-14-5-6-14)24-15-3-1-12(2-4-15)13-7-9-21-10-8-13/h1-4,7,9,11,13-14,21H,5-6,8,10H2,(H2,20,26)(H2,22,23,24,25). The lowest BCUT2D eigenvalue weighted by molar-refractivity contribution is 0.100. The minimum atomic E-state index is -0.529. The Hall–Kier alpha value is -3.09. The van der Waals surface area contributed by atoms with Crippen LogP contribution in [-0.4, -0.2) is 28.5 Å². The summed E-state index contributed by atoms with van der Waals surface area (Å²) in [7, 11) is 0. The maximum Gasteiger partial charge on any atom is 0.254 e. The van der Waals surface area contributed by atoms with E-state index in [2.05, 4.69) is 44.1 Å². The van der Waals surface area contributed by atoms with E-state index < -0.39 is 5.91 Å². The fraction of sp³-hybridized carbons (Fsp3) is 0.316. The Balaban J connectivity index is 1.50. The summed E-state index contributed by atoms with van der Waals surface area (Å²) in [5, 5.41) is 9.64. The van der Waals surface area contributed by atoms with E-state index in [1.54, 1.807) is 0 Å². The van der Waals surface area contributed by atoms with Crippen LogP contribution in [0.1, 0.15) is 41.1 Å². The minimum Gasteiger partial charge on any atom is -0.391 e. The van der Waals surface area contributed by atoms with Crippen LogP contribution in [0.25, 0.3) is 0 Å². The zero-order valence-electron chi connectivity index (χ0n) is 14.4. The average Bonchev–Trinajstić information content (AvgIpc) is 3.47. The van der Waals surface area contributed by atoms with Crippen molar-refractivity contribution < 1.29 is 4.79 Å². The zero-order chi connectivity index (χ0) is 17.9. The van der Waals surface area contributed by atoms with Gasteiger partial charge in [-0.25, -0.2) is 4.98 Å². The predicted octanol–water partition coefficient (Wildman–Crippen LogP) is 2.48. The molecule has 1 atom stereocenters. The first kappa shape index (κ1) is 16.4. The number of nitrogens with two attached hydrogens (primary N) is 1. The second kappa shape index (κ2) is 7.03. The van der Waals surface area contributed by atoms with Crippen molar-refractivity contribution in [3.63, 3.8) is 0 Å². The molecule has 1 amide bonds. The van der Waals surface area contributed by atoms with E-state index in [0.717, 1.165) is 31.5 Å². The molecule has 2 heterocycles. The Morgan fingerprint density at radius 1 is 1.19 bits per heavy atom. The van der Waals surface area contributed by atoms with Gasteiger partial charge in [-0.05, 0) is 43.2 Å². The van der Waals surface area contributed by atoms with Crippen molar-refractivity contribution in [3.8, 4) is 0 Å². The Morgan fingerprint density at radius 3 is 2.65 bits per heavy atom. The monoisotopic (exact) mass is 350 g/mol. The highest BCUT2D eigenvalue weighted by atomic mass is 16.1. The molecule has 0 radical (unpaired) electrons. The molecule has 0 bridgehead atoms. The van der Waals surface area contributed by atoms with Gasteiger partial charge < -0.3 is 21.7 Å². The van der Waals surface area contributed by atoms with E-state index in [-0.39, 0.29) is 0 Å². The summed E-state index contributed by atoms with van der Waals surface area (Å²) < 4.78 is 0. The SMILES string of the molecule is NC(=O)c1cnc(Nc2ccc(C3C=CNCC3)cc2)nc1NC1CC1. The molecule has 7 heteroatoms. The van der Waals surface area contributed by atoms with Crippen molar-refractivity contribution in [2.75, 3.05) is 17.2 Å². The Morgan fingerprint density at radius 2 is 2.00 bits per heavy atom. The van der Waals surface area contributed by atoms with Crippen LogP contribution in [0.2, 0.25) is 0 Å². The molecule has 0 spiro atoms. The number of benzene rings is 1. The van der Waals surface area contributed by atoms with E-state index in [0.29, 0.717) is 29.3 Å². The van der Waals surface area contributed by atoms with Crippen LogP contribution in [0.3, 0.4) is 0 Å². The molecule has 2 aromatic rings. The van der Waals surface area contributed by atoms with E-state index >= 15 is 0 Å². The van der Waals surface area contributed by atoms with Crippen LogP contribution in [0.4, 0.5) is 17.5 Å². The number of carbonyl (C=O) groups excluding carboxylic acids is 1. The number of aromatic nitrogens is 2. The fourth-order valence-electron chi connectivity index (χ4n) is 2.98. The number of hydrogen-bond donors (Lipinski definition) is 4. The molecule has 1 saturated carbocycles. The van der Waals surface area contributed by atoms with Gasteiger partial charge in [-0.15, -0.1) is 0 Å². The van der Waals surface area contributed by atoms with Crippen LogP contribution >= 0.6 is 0 Å². The largest absolute Gasteiger partial charge is 0.391 e. The predicted molar refractivity (Wildman–Crippen MR) is 101 cm³/mol. The molecule has 26 heavy (non-hydrogen) atoms. The van der Waals surface area contributed by atoms with Crippen LogP contribution in [0.15, 0.2) is 42.7 Å². The molecule has 134 valence electrons. The van der Waals surface area contributed by atoms with Crippen molar-refractivity contribution >= 4 is 23.4 Å². The third-order valence-electron chi connectivity index (χ3n) is 4.61. The normalized spacial score (nSPS) is 18.8. The van der Waals surface area contributed by atoms with Crippen molar-refractivity contribution in [3.05, 3.63) is 53.9 Å². The summed E-state index contributed by atoms with van der Waals surface area (Å²) in [5.41, 5.74) is 7.91. The Kier molecular flexibility index (Phi) is 4.43. The number of nitrogens with one attached hydrogen (secondary N) is 3. The molecular formula is C19H22N6O. The maximum absolute atomic E-state index is 11.6. The second-order valence-corrected chi connectivity index (χ2v) is 6.69. The third-order valence-corrected chi connectivity index (χ3v) is 4.61. The highest BCUT2D eigenvalue weighted by Crippen LogP contribution is 2.27. The van der Waals surface area contributed by atoms with Crippen molar-refractivity contribution in [2.24, 2.45) is 5.73 Å². The summed E-state index contributed by atoms with van der Waals surface area (Å²) in [6, 6.07) is 8.64. The summed E-state index contributed by atoms with van der Waals surface area (Å²) >= 11 is 0. The molecular weight excluding hydrogens is 328 g/mol. The van der Waals surface area contributed by atoms with E-state index in [1.165, 1.54) is 11.8 Å². The summed E-state index contributed by atoms with van der Waals surface area (Å²) in [5.74, 6) is 0.853. The number of allylic oxidation sites excluding steroid dienone is 1. The van der Waals surface area contributed by atoms with Crippen LogP contribution < -0.4 is 21.7 Å². The maximum atomic E-state index is 11.6. The summed E-state index contributed by atoms with van der Waals surface area (Å²) in [4.78, 5) is 20.2. The molecule has 1 aliphatic heterocycles. The van der Waals surface area contributed by atoms with Crippen LogP contribution in [-0.2, 0) is 0 Å². The smallest absolute Gasteiger partial charge is 0.254 e. The average molecular weight is 350 g/mol. The van der Waals surface area contributed by atoms with E-state index in [1.807, 2.05) is 18.3 Å². The highest BCUT2D eigenvalue weighted by molar-refractivity contribution is 5.97. The van der Waals surface area contributed by atoms with Crippen molar-refractivity contribution in [1.82, 2.24) is 15.3 Å². The third kappa shape index (κ3) is 3.77. The van der Waals surface area contributed by atoms with Gasteiger partial charge in [-0.3, -0.25) is 4.79 Å². The van der Waals surface area contributed by atoms with Gasteiger partial charge in [0.25, 0.3) is 5.91 Å². The summed E-state index contributed by atoms with van der Waals surface area (Å²) in [6.45, 7) is 0.998. The molecule has 1 fully saturated rings. The van der Waals surface area contributed by atoms with Crippen molar-refractivity contribution in [2.45, 2.75) is 31.2 Å². The van der Waals surface area contributed by atoms with Gasteiger partial charge in [0.05, 0.1) is 5.56 Å². The highest BCUT2D eigenvalue weighted by Gasteiger charge is 2.24. The van der Waals surface area contributed by atoms with Crippen LogP contribution in [0.5, 0.6) is 0 Å². The number of primary amides is 1. The number of anilines is 3. The zero-order valence-corrected chi connectivity index (χ0v) is 14.4. The first-order valence-corrected chi connectivity index (χ1v) is 8.89. The van der Waals surface area contributed by atoms with Gasteiger partial charge in [0.2, 0.25) is 5.95 Å². The van der Waals surface area contributed by atoms with Gasteiger partial charge in [-0.1, -0.05) is 18.2 Å². The molecule has 5 N–H and O–H groups in total. The molecule has 1 aliphatic carbocycles. The Labute approximate surface area is 152 Å². The molecule has 1 aromatic carbocycles. The lowest BCUT2D eigenvalue weighted by Gasteiger charge is -2.18. The lowest BCUT2D eigenvalue weighted by Crippen LogP contribution is -2.17. The minimum absolute atomic E-state index is 0.315. The number of rotatable bonds is 6. The van der Waals surface area contributed by atoms with E-state index in [9.17, 15) is 4.79 Å². The fourth-order valence-corrected chi connectivity index (χ4v) is 2.98. The van der Waals surface area contributed by atoms with Gasteiger partial charge in [0.1, 0.15) is 5.82 Å². The Bertz CT molecular complexity index is 828. The number of carbonyl (C=O) groups is 1. The topological polar surface area (TPSA) is 105 Å². The second-order valence-electron chi connectivity index (χ2n) is 6.69. The number of hydrogen-bond acceptors (Lipinski definition) is 6.